The van der Waals surface area contributed by atoms with Crippen LogP contribution in [0.15, 0.2) is 0 Å². The maximum Gasteiger partial charge on any atom is 0.425 e. The number of nitrogens with zero attached hydrogens (tertiary/aromatic N) is 3. The maximum atomic E-state index is 13.4. The Hall–Kier alpha value is -2.16. The lowest BCUT2D eigenvalue weighted by Gasteiger charge is -2.51. The first kappa shape index (κ1) is 20.6. The first-order valence-corrected chi connectivity index (χ1v) is 9.63. The average molecular weight is 395 g/mol. The van der Waals surface area contributed by atoms with Crippen molar-refractivity contribution in [2.75, 3.05) is 19.6 Å². The van der Waals surface area contributed by atoms with Crippen LogP contribution < -0.4 is 0 Å². The normalized spacial score (nSPS) is 30.2. The van der Waals surface area contributed by atoms with Crippen LogP contribution in [-0.2, 0) is 14.3 Å². The molecular weight excluding hydrogens is 366 g/mol. The van der Waals surface area contributed by atoms with Gasteiger partial charge in [0, 0.05) is 6.54 Å². The number of amides is 5. The average Bonchev–Trinajstić information content (AvgIpc) is 2.72. The molecule has 0 aromatic rings. The molecule has 0 aromatic heterocycles. The van der Waals surface area contributed by atoms with Crippen molar-refractivity contribution >= 4 is 24.1 Å². The fourth-order valence-electron chi connectivity index (χ4n) is 4.20. The SMILES string of the molecule is CC(C)(C)OC(=O)N1C(=O)N(C(=O)OC(C)(C)C)C2(CN3CCC2CC3)C1=O. The Morgan fingerprint density at radius 2 is 1.43 bits per heavy atom. The molecular formula is C19H29N3O6. The molecule has 0 aromatic carbocycles. The third kappa shape index (κ3) is 3.36. The number of hydrogen-bond acceptors (Lipinski definition) is 7. The summed E-state index contributed by atoms with van der Waals surface area (Å²) < 4.78 is 10.7. The highest BCUT2D eigenvalue weighted by atomic mass is 16.6. The van der Waals surface area contributed by atoms with E-state index in [1.165, 1.54) is 0 Å². The molecule has 4 aliphatic rings. The van der Waals surface area contributed by atoms with Gasteiger partial charge >= 0.3 is 18.2 Å². The zero-order valence-electron chi connectivity index (χ0n) is 17.4. The van der Waals surface area contributed by atoms with Crippen LogP contribution in [-0.4, -0.2) is 75.2 Å². The van der Waals surface area contributed by atoms with Crippen molar-refractivity contribution in [3.05, 3.63) is 0 Å². The number of urea groups is 1. The Balaban J connectivity index is 2.02. The molecule has 4 aliphatic heterocycles. The largest absolute Gasteiger partial charge is 0.443 e. The van der Waals surface area contributed by atoms with Crippen molar-refractivity contribution < 1.29 is 28.7 Å². The Labute approximate surface area is 164 Å². The van der Waals surface area contributed by atoms with E-state index in [2.05, 4.69) is 0 Å². The van der Waals surface area contributed by atoms with E-state index in [4.69, 9.17) is 9.47 Å². The first-order valence-electron chi connectivity index (χ1n) is 9.63. The molecule has 2 bridgehead atoms. The van der Waals surface area contributed by atoms with Gasteiger partial charge < -0.3 is 14.4 Å². The van der Waals surface area contributed by atoms with Gasteiger partial charge in [0.25, 0.3) is 5.91 Å². The Morgan fingerprint density at radius 3 is 1.86 bits per heavy atom. The van der Waals surface area contributed by atoms with E-state index in [9.17, 15) is 19.2 Å². The summed E-state index contributed by atoms with van der Waals surface area (Å²) in [7, 11) is 0. The van der Waals surface area contributed by atoms with Crippen LogP contribution in [0.4, 0.5) is 14.4 Å². The summed E-state index contributed by atoms with van der Waals surface area (Å²) in [5.74, 6) is -0.916. The number of carbonyl (C=O) groups is 4. The molecule has 9 heteroatoms. The predicted octanol–water partition coefficient (Wildman–Crippen LogP) is 2.59. The highest BCUT2D eigenvalue weighted by Crippen LogP contribution is 2.45. The lowest BCUT2D eigenvalue weighted by Crippen LogP contribution is -2.69. The lowest BCUT2D eigenvalue weighted by atomic mass is 9.72. The molecule has 1 unspecified atom stereocenters. The molecule has 0 N–H and O–H groups in total. The van der Waals surface area contributed by atoms with Gasteiger partial charge in [-0.3, -0.25) is 4.79 Å². The second kappa shape index (κ2) is 6.43. The van der Waals surface area contributed by atoms with Gasteiger partial charge in [0.1, 0.15) is 11.2 Å². The summed E-state index contributed by atoms with van der Waals surface area (Å²) in [6, 6.07) is -0.998. The van der Waals surface area contributed by atoms with Crippen LogP contribution >= 0.6 is 0 Å². The molecule has 5 amide bonds. The fourth-order valence-corrected chi connectivity index (χ4v) is 4.20. The van der Waals surface area contributed by atoms with Crippen molar-refractivity contribution in [3.63, 3.8) is 0 Å². The molecule has 1 spiro atoms. The lowest BCUT2D eigenvalue weighted by molar-refractivity contribution is -0.142. The Kier molecular flexibility index (Phi) is 4.73. The van der Waals surface area contributed by atoms with Crippen LogP contribution in [0.1, 0.15) is 54.4 Å². The van der Waals surface area contributed by atoms with Crippen LogP contribution in [0.25, 0.3) is 0 Å². The minimum absolute atomic E-state index is 0.209. The zero-order valence-corrected chi connectivity index (χ0v) is 17.4. The van der Waals surface area contributed by atoms with Crippen molar-refractivity contribution in [2.24, 2.45) is 5.92 Å². The molecule has 156 valence electrons. The number of hydrogen-bond donors (Lipinski definition) is 0. The number of carbonyl (C=O) groups excluding carboxylic acids is 4. The van der Waals surface area contributed by atoms with E-state index in [0.717, 1.165) is 18.0 Å². The summed E-state index contributed by atoms with van der Waals surface area (Å²) in [5, 5.41) is 0. The second-order valence-corrected chi connectivity index (χ2v) is 9.69. The van der Waals surface area contributed by atoms with Gasteiger partial charge in [0.15, 0.2) is 5.54 Å². The molecule has 28 heavy (non-hydrogen) atoms. The monoisotopic (exact) mass is 395 g/mol. The number of imide groups is 4. The van der Waals surface area contributed by atoms with Crippen molar-refractivity contribution in [3.8, 4) is 0 Å². The standard InChI is InChI=1S/C19H29N3O6/c1-17(2,3)27-15(25)21-13(23)19(11-20-9-7-12(19)8-10-20)22(14(21)24)16(26)28-18(4,5)6/h12H,7-11H2,1-6H3. The van der Waals surface area contributed by atoms with E-state index in [0.29, 0.717) is 17.7 Å². The fraction of sp³-hybridized carbons (Fsp3) is 0.789. The van der Waals surface area contributed by atoms with Gasteiger partial charge in [0.05, 0.1) is 0 Å². The van der Waals surface area contributed by atoms with Gasteiger partial charge in [-0.1, -0.05) is 0 Å². The van der Waals surface area contributed by atoms with E-state index in [1.807, 2.05) is 4.90 Å². The van der Waals surface area contributed by atoms with Crippen molar-refractivity contribution in [2.45, 2.75) is 71.1 Å². The molecule has 4 fully saturated rings. The van der Waals surface area contributed by atoms with Gasteiger partial charge in [0.2, 0.25) is 0 Å². The van der Waals surface area contributed by atoms with Gasteiger partial charge in [-0.25, -0.2) is 19.3 Å². The predicted molar refractivity (Wildman–Crippen MR) is 98.4 cm³/mol. The summed E-state index contributed by atoms with van der Waals surface area (Å²) in [5.41, 5.74) is -3.17. The molecule has 4 saturated heterocycles. The third-order valence-electron chi connectivity index (χ3n) is 5.23. The second-order valence-electron chi connectivity index (χ2n) is 9.69. The summed E-state index contributed by atoms with van der Waals surface area (Å²) in [6.07, 6.45) is -0.643. The minimum Gasteiger partial charge on any atom is -0.443 e. The molecule has 9 nitrogen and oxygen atoms in total. The van der Waals surface area contributed by atoms with E-state index < -0.39 is 40.9 Å². The minimum atomic E-state index is -1.42. The molecule has 1 atom stereocenters. The number of piperidine rings is 3. The van der Waals surface area contributed by atoms with E-state index in [-0.39, 0.29) is 12.5 Å². The summed E-state index contributed by atoms with van der Waals surface area (Å²) >= 11 is 0. The highest BCUT2D eigenvalue weighted by molar-refractivity contribution is 6.21. The van der Waals surface area contributed by atoms with Gasteiger partial charge in [-0.15, -0.1) is 0 Å². The van der Waals surface area contributed by atoms with Gasteiger partial charge in [-0.2, -0.15) is 4.90 Å². The number of fused-ring (bicyclic) bond motifs is 2. The van der Waals surface area contributed by atoms with E-state index >= 15 is 0 Å². The molecule has 4 heterocycles. The number of ether oxygens (including phenoxy) is 2. The topological polar surface area (TPSA) is 96.5 Å². The van der Waals surface area contributed by atoms with Crippen molar-refractivity contribution in [1.82, 2.24) is 14.7 Å². The zero-order chi connectivity index (χ0) is 21.1. The van der Waals surface area contributed by atoms with Gasteiger partial charge in [-0.05, 0) is 73.4 Å². The smallest absolute Gasteiger partial charge is 0.425 e. The number of rotatable bonds is 0. The molecule has 0 saturated carbocycles. The Bertz CT molecular complexity index is 714. The van der Waals surface area contributed by atoms with E-state index in [1.54, 1.807) is 41.5 Å². The maximum absolute atomic E-state index is 13.4. The van der Waals surface area contributed by atoms with Crippen LogP contribution in [0, 0.1) is 5.92 Å². The third-order valence-corrected chi connectivity index (χ3v) is 5.23. The highest BCUT2D eigenvalue weighted by Gasteiger charge is 2.68. The van der Waals surface area contributed by atoms with Crippen LogP contribution in [0.2, 0.25) is 0 Å². The Morgan fingerprint density at radius 1 is 0.929 bits per heavy atom. The quantitative estimate of drug-likeness (QED) is 0.582. The first-order chi connectivity index (χ1) is 12.8. The van der Waals surface area contributed by atoms with Crippen LogP contribution in [0.3, 0.4) is 0 Å². The van der Waals surface area contributed by atoms with Crippen LogP contribution in [0.5, 0.6) is 0 Å². The summed E-state index contributed by atoms with van der Waals surface area (Å²) in [6.45, 7) is 11.8. The molecule has 0 radical (unpaired) electrons. The molecule has 4 rings (SSSR count). The molecule has 0 aliphatic carbocycles. The summed E-state index contributed by atoms with van der Waals surface area (Å²) in [4.78, 5) is 55.5. The van der Waals surface area contributed by atoms with Crippen molar-refractivity contribution in [1.29, 1.82) is 0 Å².